The lowest BCUT2D eigenvalue weighted by atomic mass is 9.94. The first-order valence-corrected chi connectivity index (χ1v) is 5.41. The van der Waals surface area contributed by atoms with Crippen LogP contribution >= 0.6 is 0 Å². The van der Waals surface area contributed by atoms with Crippen LogP contribution in [0.3, 0.4) is 0 Å². The highest BCUT2D eigenvalue weighted by molar-refractivity contribution is 6.16. The third-order valence-electron chi connectivity index (χ3n) is 2.50. The molecule has 1 aromatic carbocycles. The average Bonchev–Trinajstić information content (AvgIpc) is 2.16. The van der Waals surface area contributed by atoms with Gasteiger partial charge >= 0.3 is 5.97 Å². The highest BCUT2D eigenvalue weighted by Crippen LogP contribution is 2.24. The predicted octanol–water partition coefficient (Wildman–Crippen LogP) is 3.19. The molecular weight excluding hydrogens is 200 g/mol. The molecule has 0 atom stereocenters. The molecule has 0 saturated heterocycles. The second-order valence-corrected chi connectivity index (χ2v) is 3.97. The van der Waals surface area contributed by atoms with E-state index < -0.39 is 0 Å². The van der Waals surface area contributed by atoms with Gasteiger partial charge in [0.05, 0.1) is 12.2 Å². The summed E-state index contributed by atoms with van der Waals surface area (Å²) in [5.41, 5.74) is 4.67. The van der Waals surface area contributed by atoms with Crippen LogP contribution < -0.4 is 0 Å². The van der Waals surface area contributed by atoms with E-state index in [-0.39, 0.29) is 5.97 Å². The van der Waals surface area contributed by atoms with E-state index in [1.165, 1.54) is 5.56 Å². The van der Waals surface area contributed by atoms with Crippen molar-refractivity contribution in [1.29, 1.82) is 0 Å². The van der Waals surface area contributed by atoms with Gasteiger partial charge in [-0.25, -0.2) is 4.79 Å². The molecule has 16 heavy (non-hydrogen) atoms. The lowest BCUT2D eigenvalue weighted by molar-refractivity contribution is -0.136. The summed E-state index contributed by atoms with van der Waals surface area (Å²) in [6.45, 7) is 12.0. The highest BCUT2D eigenvalue weighted by Gasteiger charge is 2.15. The quantitative estimate of drug-likeness (QED) is 0.575. The summed E-state index contributed by atoms with van der Waals surface area (Å²) in [7, 11) is 0. The number of hydrogen-bond donors (Lipinski definition) is 0. The summed E-state index contributed by atoms with van der Waals surface area (Å²) in [6.07, 6.45) is 0. The first-order valence-electron chi connectivity index (χ1n) is 5.41. The molecule has 0 bridgehead atoms. The standard InChI is InChI=1S/C14H18O2/c1-6-16-14(15)12(5)13-10(3)7-9(2)8-11(13)4/h7-8H,5-6H2,1-4H3. The lowest BCUT2D eigenvalue weighted by Crippen LogP contribution is -2.08. The van der Waals surface area contributed by atoms with Crippen LogP contribution in [0, 0.1) is 20.8 Å². The van der Waals surface area contributed by atoms with E-state index in [4.69, 9.17) is 4.74 Å². The zero-order valence-corrected chi connectivity index (χ0v) is 10.4. The number of esters is 1. The maximum Gasteiger partial charge on any atom is 0.338 e. The van der Waals surface area contributed by atoms with Gasteiger partial charge in [0, 0.05) is 0 Å². The summed E-state index contributed by atoms with van der Waals surface area (Å²) in [4.78, 5) is 11.6. The zero-order chi connectivity index (χ0) is 12.3. The van der Waals surface area contributed by atoms with Crippen LogP contribution in [0.2, 0.25) is 0 Å². The van der Waals surface area contributed by atoms with Crippen molar-refractivity contribution in [2.45, 2.75) is 27.7 Å². The minimum atomic E-state index is -0.336. The Bertz CT molecular complexity index is 407. The van der Waals surface area contributed by atoms with Crippen molar-refractivity contribution >= 4 is 11.5 Å². The van der Waals surface area contributed by atoms with Crippen LogP contribution in [0.15, 0.2) is 18.7 Å². The van der Waals surface area contributed by atoms with Crippen molar-refractivity contribution in [1.82, 2.24) is 0 Å². The molecule has 2 heteroatoms. The molecular formula is C14H18O2. The Morgan fingerprint density at radius 2 is 1.75 bits per heavy atom. The molecule has 0 aliphatic rings. The third kappa shape index (κ3) is 2.51. The van der Waals surface area contributed by atoms with E-state index in [9.17, 15) is 4.79 Å². The molecule has 0 unspecified atom stereocenters. The molecule has 0 saturated carbocycles. The van der Waals surface area contributed by atoms with Crippen LogP contribution in [0.1, 0.15) is 29.2 Å². The smallest absolute Gasteiger partial charge is 0.338 e. The first kappa shape index (κ1) is 12.5. The topological polar surface area (TPSA) is 26.3 Å². The zero-order valence-electron chi connectivity index (χ0n) is 10.4. The van der Waals surface area contributed by atoms with Crippen molar-refractivity contribution in [2.75, 3.05) is 6.61 Å². The van der Waals surface area contributed by atoms with E-state index in [1.807, 2.05) is 32.9 Å². The average molecular weight is 218 g/mol. The van der Waals surface area contributed by atoms with Gasteiger partial charge in [0.2, 0.25) is 0 Å². The maximum absolute atomic E-state index is 11.6. The van der Waals surface area contributed by atoms with Crippen molar-refractivity contribution in [3.63, 3.8) is 0 Å². The molecule has 1 rings (SSSR count). The summed E-state index contributed by atoms with van der Waals surface area (Å²) in [5, 5.41) is 0. The number of ether oxygens (including phenoxy) is 1. The molecule has 0 aliphatic carbocycles. The summed E-state index contributed by atoms with van der Waals surface area (Å²) >= 11 is 0. The van der Waals surface area contributed by atoms with Crippen LogP contribution in [-0.4, -0.2) is 12.6 Å². The SMILES string of the molecule is C=C(C(=O)OCC)c1c(C)cc(C)cc1C. The van der Waals surface area contributed by atoms with Crippen LogP contribution in [0.5, 0.6) is 0 Å². The molecule has 0 spiro atoms. The number of aryl methyl sites for hydroxylation is 3. The third-order valence-corrected chi connectivity index (χ3v) is 2.50. The van der Waals surface area contributed by atoms with Gasteiger partial charge in [-0.15, -0.1) is 0 Å². The van der Waals surface area contributed by atoms with E-state index >= 15 is 0 Å². The van der Waals surface area contributed by atoms with E-state index in [2.05, 4.69) is 6.58 Å². The largest absolute Gasteiger partial charge is 0.462 e. The highest BCUT2D eigenvalue weighted by atomic mass is 16.5. The van der Waals surface area contributed by atoms with Crippen molar-refractivity contribution in [3.8, 4) is 0 Å². The van der Waals surface area contributed by atoms with Gasteiger partial charge in [-0.2, -0.15) is 0 Å². The number of hydrogen-bond acceptors (Lipinski definition) is 2. The Labute approximate surface area is 96.9 Å². The Kier molecular flexibility index (Phi) is 3.88. The fraction of sp³-hybridized carbons (Fsp3) is 0.357. The van der Waals surface area contributed by atoms with Crippen molar-refractivity contribution < 1.29 is 9.53 Å². The predicted molar refractivity (Wildman–Crippen MR) is 66.3 cm³/mol. The normalized spacial score (nSPS) is 10.0. The summed E-state index contributed by atoms with van der Waals surface area (Å²) < 4.78 is 4.96. The van der Waals surface area contributed by atoms with Gasteiger partial charge < -0.3 is 4.74 Å². The molecule has 0 aromatic heterocycles. The minimum absolute atomic E-state index is 0.336. The minimum Gasteiger partial charge on any atom is -0.462 e. The molecule has 0 fully saturated rings. The second kappa shape index (κ2) is 4.97. The monoisotopic (exact) mass is 218 g/mol. The Hall–Kier alpha value is -1.57. The fourth-order valence-electron chi connectivity index (χ4n) is 1.98. The summed E-state index contributed by atoms with van der Waals surface area (Å²) in [6, 6.07) is 4.10. The van der Waals surface area contributed by atoms with Gasteiger partial charge in [-0.1, -0.05) is 24.3 Å². The lowest BCUT2D eigenvalue weighted by Gasteiger charge is -2.12. The molecule has 2 nitrogen and oxygen atoms in total. The van der Waals surface area contributed by atoms with Crippen molar-refractivity contribution in [3.05, 3.63) is 41.0 Å². The van der Waals surface area contributed by atoms with E-state index in [0.29, 0.717) is 12.2 Å². The van der Waals surface area contributed by atoms with E-state index in [0.717, 1.165) is 16.7 Å². The van der Waals surface area contributed by atoms with E-state index in [1.54, 1.807) is 6.92 Å². The van der Waals surface area contributed by atoms with Gasteiger partial charge in [0.25, 0.3) is 0 Å². The molecule has 0 aliphatic heterocycles. The number of benzene rings is 1. The van der Waals surface area contributed by atoms with Gasteiger partial charge in [-0.05, 0) is 44.4 Å². The number of carbonyl (C=O) groups is 1. The molecule has 86 valence electrons. The van der Waals surface area contributed by atoms with Crippen molar-refractivity contribution in [2.24, 2.45) is 0 Å². The van der Waals surface area contributed by atoms with Crippen LogP contribution in [0.4, 0.5) is 0 Å². The number of rotatable bonds is 3. The Morgan fingerprint density at radius 1 is 1.25 bits per heavy atom. The first-order chi connectivity index (χ1) is 7.47. The summed E-state index contributed by atoms with van der Waals surface area (Å²) in [5.74, 6) is -0.336. The molecule has 0 heterocycles. The molecule has 0 radical (unpaired) electrons. The maximum atomic E-state index is 11.6. The van der Waals surface area contributed by atoms with Gasteiger partial charge in [-0.3, -0.25) is 0 Å². The fourth-order valence-corrected chi connectivity index (χ4v) is 1.98. The Balaban J connectivity index is 3.14. The molecule has 0 amide bonds. The second-order valence-electron chi connectivity index (χ2n) is 3.97. The van der Waals surface area contributed by atoms with Crippen LogP contribution in [0.25, 0.3) is 5.57 Å². The Morgan fingerprint density at radius 3 is 2.19 bits per heavy atom. The van der Waals surface area contributed by atoms with Gasteiger partial charge in [0.1, 0.15) is 0 Å². The van der Waals surface area contributed by atoms with Gasteiger partial charge in [0.15, 0.2) is 0 Å². The molecule has 0 N–H and O–H groups in total. The van der Waals surface area contributed by atoms with Crippen LogP contribution in [-0.2, 0) is 9.53 Å². The molecule has 1 aromatic rings. The number of carbonyl (C=O) groups excluding carboxylic acids is 1.